The maximum absolute atomic E-state index is 12.3. The fourth-order valence-electron chi connectivity index (χ4n) is 2.73. The fraction of sp³-hybridized carbons (Fsp3) is 0.556. The first-order chi connectivity index (χ1) is 11.6. The van der Waals surface area contributed by atoms with Gasteiger partial charge in [-0.05, 0) is 43.5 Å². The number of hydrogen-bond acceptors (Lipinski definition) is 3. The largest absolute Gasteiger partial charge is 0.356 e. The van der Waals surface area contributed by atoms with Crippen molar-refractivity contribution in [3.05, 3.63) is 29.3 Å². The molecule has 1 aliphatic heterocycles. The van der Waals surface area contributed by atoms with Gasteiger partial charge in [0.1, 0.15) is 0 Å². The first-order valence-electron chi connectivity index (χ1n) is 8.54. The van der Waals surface area contributed by atoms with Crippen molar-refractivity contribution in [2.75, 3.05) is 25.4 Å². The Hall–Kier alpha value is -1.20. The molecule has 1 heterocycles. The van der Waals surface area contributed by atoms with E-state index in [0.29, 0.717) is 19.5 Å². The Morgan fingerprint density at radius 2 is 1.92 bits per heavy atom. The summed E-state index contributed by atoms with van der Waals surface area (Å²) in [6, 6.07) is 7.66. The Morgan fingerprint density at radius 3 is 2.54 bits per heavy atom. The average molecular weight is 369 g/mol. The normalized spacial score (nSPS) is 15.3. The van der Waals surface area contributed by atoms with Crippen LogP contribution in [-0.2, 0) is 9.59 Å². The lowest BCUT2D eigenvalue weighted by molar-refractivity contribution is -0.135. The number of likely N-dealkylation sites (tertiary alicyclic amines) is 1. The van der Waals surface area contributed by atoms with E-state index in [9.17, 15) is 9.59 Å². The zero-order valence-electron chi connectivity index (χ0n) is 14.1. The third kappa shape index (κ3) is 6.02. The Balaban J connectivity index is 1.67. The molecule has 24 heavy (non-hydrogen) atoms. The van der Waals surface area contributed by atoms with Crippen LogP contribution >= 0.6 is 23.4 Å². The standard InChI is InChI=1S/C18H25ClN2O2S/c1-2-10-20-18(23)14-7-11-21(12-8-14)17(22)9-13-24-16-5-3-15(19)4-6-16/h3-6,14H,2,7-13H2,1H3,(H,20,23). The van der Waals surface area contributed by atoms with Gasteiger partial charge in [-0.2, -0.15) is 0 Å². The van der Waals surface area contributed by atoms with Crippen LogP contribution in [0.25, 0.3) is 0 Å². The molecule has 0 atom stereocenters. The summed E-state index contributed by atoms with van der Waals surface area (Å²) in [6.45, 7) is 4.16. The minimum atomic E-state index is 0.0593. The van der Waals surface area contributed by atoms with Gasteiger partial charge in [0.2, 0.25) is 11.8 Å². The highest BCUT2D eigenvalue weighted by Crippen LogP contribution is 2.22. The summed E-state index contributed by atoms with van der Waals surface area (Å²) >= 11 is 7.53. The molecule has 0 spiro atoms. The Kier molecular flexibility index (Phi) is 7.92. The minimum absolute atomic E-state index is 0.0593. The van der Waals surface area contributed by atoms with Gasteiger partial charge < -0.3 is 10.2 Å². The summed E-state index contributed by atoms with van der Waals surface area (Å²) in [5.41, 5.74) is 0. The molecule has 2 amide bonds. The molecule has 1 saturated heterocycles. The number of nitrogens with zero attached hydrogens (tertiary/aromatic N) is 1. The Bertz CT molecular complexity index is 542. The SMILES string of the molecule is CCCNC(=O)C1CCN(C(=O)CCSc2ccc(Cl)cc2)CC1. The average Bonchev–Trinajstić information content (AvgIpc) is 2.61. The third-order valence-electron chi connectivity index (χ3n) is 4.17. The van der Waals surface area contributed by atoms with Crippen LogP contribution in [0.1, 0.15) is 32.6 Å². The lowest BCUT2D eigenvalue weighted by Gasteiger charge is -2.31. The molecule has 1 aromatic carbocycles. The Morgan fingerprint density at radius 1 is 1.25 bits per heavy atom. The molecule has 132 valence electrons. The molecular weight excluding hydrogens is 344 g/mol. The Labute approximate surface area is 153 Å². The zero-order chi connectivity index (χ0) is 17.4. The van der Waals surface area contributed by atoms with Crippen molar-refractivity contribution in [2.45, 2.75) is 37.5 Å². The number of piperidine rings is 1. The second kappa shape index (κ2) is 9.94. The number of nitrogens with one attached hydrogen (secondary N) is 1. The van der Waals surface area contributed by atoms with Gasteiger partial charge in [0.15, 0.2) is 0 Å². The molecule has 1 N–H and O–H groups in total. The highest BCUT2D eigenvalue weighted by atomic mass is 35.5. The molecule has 6 heteroatoms. The van der Waals surface area contributed by atoms with Gasteiger partial charge in [0, 0.05) is 47.6 Å². The monoisotopic (exact) mass is 368 g/mol. The van der Waals surface area contributed by atoms with Crippen LogP contribution in [0.2, 0.25) is 5.02 Å². The van der Waals surface area contributed by atoms with Crippen molar-refractivity contribution in [3.63, 3.8) is 0 Å². The summed E-state index contributed by atoms with van der Waals surface area (Å²) in [6.07, 6.45) is 3.02. The van der Waals surface area contributed by atoms with Crippen molar-refractivity contribution in [1.29, 1.82) is 0 Å². The first kappa shape index (κ1) is 19.1. The molecule has 1 fully saturated rings. The van der Waals surface area contributed by atoms with E-state index in [-0.39, 0.29) is 17.7 Å². The van der Waals surface area contributed by atoms with Crippen LogP contribution in [0, 0.1) is 5.92 Å². The van der Waals surface area contributed by atoms with Gasteiger partial charge >= 0.3 is 0 Å². The minimum Gasteiger partial charge on any atom is -0.356 e. The van der Waals surface area contributed by atoms with E-state index in [4.69, 9.17) is 11.6 Å². The molecule has 0 aromatic heterocycles. The molecule has 0 unspecified atom stereocenters. The number of halogens is 1. The van der Waals surface area contributed by atoms with Crippen LogP contribution in [0.15, 0.2) is 29.2 Å². The number of carbonyl (C=O) groups is 2. The van der Waals surface area contributed by atoms with Crippen molar-refractivity contribution in [1.82, 2.24) is 10.2 Å². The lowest BCUT2D eigenvalue weighted by Crippen LogP contribution is -2.43. The summed E-state index contributed by atoms with van der Waals surface area (Å²) in [5, 5.41) is 3.67. The van der Waals surface area contributed by atoms with Crippen molar-refractivity contribution >= 4 is 35.2 Å². The number of rotatable bonds is 7. The van der Waals surface area contributed by atoms with Crippen LogP contribution < -0.4 is 5.32 Å². The molecule has 0 saturated carbocycles. The van der Waals surface area contributed by atoms with Crippen molar-refractivity contribution in [2.24, 2.45) is 5.92 Å². The molecule has 0 aliphatic carbocycles. The highest BCUT2D eigenvalue weighted by molar-refractivity contribution is 7.99. The topological polar surface area (TPSA) is 49.4 Å². The van der Waals surface area contributed by atoms with Gasteiger partial charge in [0.05, 0.1) is 0 Å². The summed E-state index contributed by atoms with van der Waals surface area (Å²) in [5.74, 6) is 1.15. The van der Waals surface area contributed by atoms with Crippen LogP contribution in [-0.4, -0.2) is 42.1 Å². The van der Waals surface area contributed by atoms with E-state index in [0.717, 1.165) is 41.5 Å². The van der Waals surface area contributed by atoms with Crippen LogP contribution in [0.3, 0.4) is 0 Å². The second-order valence-electron chi connectivity index (χ2n) is 6.00. The molecule has 1 aromatic rings. The quantitative estimate of drug-likeness (QED) is 0.748. The van der Waals surface area contributed by atoms with Gasteiger partial charge in [0.25, 0.3) is 0 Å². The van der Waals surface area contributed by atoms with Gasteiger partial charge in [-0.1, -0.05) is 18.5 Å². The van der Waals surface area contributed by atoms with E-state index >= 15 is 0 Å². The van der Waals surface area contributed by atoms with Gasteiger partial charge in [-0.25, -0.2) is 0 Å². The molecular formula is C18H25ClN2O2S. The predicted molar refractivity (Wildman–Crippen MR) is 99.4 cm³/mol. The van der Waals surface area contributed by atoms with E-state index in [2.05, 4.69) is 5.32 Å². The number of thioether (sulfide) groups is 1. The van der Waals surface area contributed by atoms with E-state index in [1.807, 2.05) is 36.1 Å². The lowest BCUT2D eigenvalue weighted by atomic mass is 9.95. The van der Waals surface area contributed by atoms with E-state index in [1.165, 1.54) is 0 Å². The molecule has 1 aliphatic rings. The molecule has 2 rings (SSSR count). The van der Waals surface area contributed by atoms with E-state index < -0.39 is 0 Å². The molecule has 0 radical (unpaired) electrons. The zero-order valence-corrected chi connectivity index (χ0v) is 15.7. The fourth-order valence-corrected chi connectivity index (χ4v) is 3.70. The van der Waals surface area contributed by atoms with Gasteiger partial charge in [-0.15, -0.1) is 11.8 Å². The number of benzene rings is 1. The number of hydrogen-bond donors (Lipinski definition) is 1. The van der Waals surface area contributed by atoms with Crippen molar-refractivity contribution in [3.8, 4) is 0 Å². The number of carbonyl (C=O) groups excluding carboxylic acids is 2. The summed E-state index contributed by atoms with van der Waals surface area (Å²) in [7, 11) is 0. The first-order valence-corrected chi connectivity index (χ1v) is 9.90. The maximum Gasteiger partial charge on any atom is 0.223 e. The van der Waals surface area contributed by atoms with Crippen LogP contribution in [0.4, 0.5) is 0 Å². The predicted octanol–water partition coefficient (Wildman–Crippen LogP) is 3.59. The molecule has 0 bridgehead atoms. The third-order valence-corrected chi connectivity index (χ3v) is 5.43. The number of amides is 2. The van der Waals surface area contributed by atoms with Gasteiger partial charge in [-0.3, -0.25) is 9.59 Å². The van der Waals surface area contributed by atoms with Crippen molar-refractivity contribution < 1.29 is 9.59 Å². The smallest absolute Gasteiger partial charge is 0.223 e. The summed E-state index contributed by atoms with van der Waals surface area (Å²) in [4.78, 5) is 27.3. The van der Waals surface area contributed by atoms with E-state index in [1.54, 1.807) is 11.8 Å². The summed E-state index contributed by atoms with van der Waals surface area (Å²) < 4.78 is 0. The second-order valence-corrected chi connectivity index (χ2v) is 7.60. The highest BCUT2D eigenvalue weighted by Gasteiger charge is 2.26. The molecule has 4 nitrogen and oxygen atoms in total. The van der Waals surface area contributed by atoms with Crippen LogP contribution in [0.5, 0.6) is 0 Å². The maximum atomic E-state index is 12.3.